The molecule has 12 heteroatoms. The summed E-state index contributed by atoms with van der Waals surface area (Å²) in [4.78, 5) is 34.9. The van der Waals surface area contributed by atoms with Crippen LogP contribution in [0.2, 0.25) is 0 Å². The van der Waals surface area contributed by atoms with Crippen LogP contribution in [0.4, 0.5) is 24.5 Å². The molecule has 3 rings (SSSR count). The maximum absolute atomic E-state index is 12.6. The molecule has 150 valence electrons. The first kappa shape index (κ1) is 19.8. The molecule has 3 aromatic rings. The van der Waals surface area contributed by atoms with Gasteiger partial charge in [0.15, 0.2) is 5.69 Å². The summed E-state index contributed by atoms with van der Waals surface area (Å²) in [5.74, 6) is -1.83. The molecule has 0 bridgehead atoms. The molecule has 0 fully saturated rings. The quantitative estimate of drug-likeness (QED) is 0.442. The summed E-state index contributed by atoms with van der Waals surface area (Å²) in [6.07, 6.45) is -4.59. The van der Waals surface area contributed by atoms with Crippen LogP contribution in [0.15, 0.2) is 42.5 Å². The Bertz CT molecular complexity index is 1110. The monoisotopic (exact) mass is 407 g/mol. The average Bonchev–Trinajstić information content (AvgIpc) is 3.09. The number of anilines is 1. The highest BCUT2D eigenvalue weighted by atomic mass is 19.4. The zero-order valence-corrected chi connectivity index (χ0v) is 14.4. The van der Waals surface area contributed by atoms with Crippen molar-refractivity contribution in [2.45, 2.75) is 6.18 Å². The molecule has 1 aromatic heterocycles. The van der Waals surface area contributed by atoms with Crippen LogP contribution in [-0.4, -0.2) is 39.7 Å². The molecular weight excluding hydrogens is 395 g/mol. The molecule has 0 spiro atoms. The van der Waals surface area contributed by atoms with Crippen molar-refractivity contribution in [1.29, 1.82) is 0 Å². The van der Waals surface area contributed by atoms with E-state index in [1.165, 1.54) is 36.4 Å². The summed E-state index contributed by atoms with van der Waals surface area (Å²) in [6.45, 7) is -1.53. The number of hydrogen-bond acceptors (Lipinski definition) is 5. The van der Waals surface area contributed by atoms with Crippen molar-refractivity contribution in [3.05, 3.63) is 63.8 Å². The molecule has 0 saturated carbocycles. The van der Waals surface area contributed by atoms with Gasteiger partial charge >= 0.3 is 6.18 Å². The lowest BCUT2D eigenvalue weighted by molar-refractivity contribution is -0.384. The summed E-state index contributed by atoms with van der Waals surface area (Å²) >= 11 is 0. The van der Waals surface area contributed by atoms with E-state index >= 15 is 0 Å². The highest BCUT2D eigenvalue weighted by molar-refractivity contribution is 6.13. The Labute approximate surface area is 160 Å². The van der Waals surface area contributed by atoms with E-state index in [2.05, 4.69) is 15.5 Å². The number of carbonyl (C=O) groups excluding carboxylic acids is 2. The Kier molecular flexibility index (Phi) is 5.17. The summed E-state index contributed by atoms with van der Waals surface area (Å²) in [7, 11) is 0. The maximum atomic E-state index is 12.6. The number of amides is 2. The van der Waals surface area contributed by atoms with Gasteiger partial charge in [-0.15, -0.1) is 0 Å². The van der Waals surface area contributed by atoms with Gasteiger partial charge in [0.1, 0.15) is 6.54 Å². The van der Waals surface area contributed by atoms with Crippen molar-refractivity contribution in [3.63, 3.8) is 0 Å². The molecule has 0 aliphatic rings. The third-order valence-corrected chi connectivity index (χ3v) is 3.84. The van der Waals surface area contributed by atoms with E-state index in [1.54, 1.807) is 5.32 Å². The molecule has 0 atom stereocenters. The van der Waals surface area contributed by atoms with Gasteiger partial charge in [0.2, 0.25) is 0 Å². The van der Waals surface area contributed by atoms with Crippen LogP contribution in [0.3, 0.4) is 0 Å². The molecular formula is C17H12F3N5O4. The predicted octanol–water partition coefficient (Wildman–Crippen LogP) is 3.02. The van der Waals surface area contributed by atoms with Crippen molar-refractivity contribution < 1.29 is 27.7 Å². The van der Waals surface area contributed by atoms with Crippen molar-refractivity contribution >= 4 is 34.1 Å². The van der Waals surface area contributed by atoms with Gasteiger partial charge in [-0.25, -0.2) is 0 Å². The normalized spacial score (nSPS) is 11.3. The number of hydrogen-bond donors (Lipinski definition) is 3. The van der Waals surface area contributed by atoms with Crippen molar-refractivity contribution in [2.75, 3.05) is 11.9 Å². The number of halogens is 3. The number of rotatable bonds is 5. The van der Waals surface area contributed by atoms with E-state index in [0.29, 0.717) is 5.52 Å². The van der Waals surface area contributed by atoms with Gasteiger partial charge in [-0.3, -0.25) is 24.8 Å². The lowest BCUT2D eigenvalue weighted by atomic mass is 10.1. The standard InChI is InChI=1S/C17H12F3N5O4/c18-17(19,20)8-21-15(26)10-3-1-2-4-12(10)22-16(27)14-11-7-9(25(28)29)5-6-13(11)23-24-14/h1-7H,8H2,(H,21,26)(H,22,27)(H,23,24). The highest BCUT2D eigenvalue weighted by Crippen LogP contribution is 2.24. The van der Waals surface area contributed by atoms with Crippen LogP contribution in [0.1, 0.15) is 20.8 Å². The van der Waals surface area contributed by atoms with E-state index in [-0.39, 0.29) is 28.0 Å². The molecule has 3 N–H and O–H groups in total. The Morgan fingerprint density at radius 2 is 1.86 bits per heavy atom. The fourth-order valence-electron chi connectivity index (χ4n) is 2.54. The highest BCUT2D eigenvalue weighted by Gasteiger charge is 2.28. The van der Waals surface area contributed by atoms with E-state index in [0.717, 1.165) is 6.07 Å². The van der Waals surface area contributed by atoms with Crippen LogP contribution >= 0.6 is 0 Å². The lowest BCUT2D eigenvalue weighted by Gasteiger charge is -2.12. The van der Waals surface area contributed by atoms with Crippen LogP contribution < -0.4 is 10.6 Å². The Morgan fingerprint density at radius 3 is 2.55 bits per heavy atom. The second-order valence-corrected chi connectivity index (χ2v) is 5.86. The van der Waals surface area contributed by atoms with Crippen LogP contribution in [0.25, 0.3) is 10.9 Å². The SMILES string of the molecule is O=C(NCC(F)(F)F)c1ccccc1NC(=O)c1n[nH]c2ccc([N+](=O)[O-])cc12. The molecule has 2 aromatic carbocycles. The second-order valence-electron chi connectivity index (χ2n) is 5.86. The number of aromatic nitrogens is 2. The molecule has 0 radical (unpaired) electrons. The van der Waals surface area contributed by atoms with Gasteiger partial charge in [-0.2, -0.15) is 18.3 Å². The Morgan fingerprint density at radius 1 is 1.14 bits per heavy atom. The minimum atomic E-state index is -4.59. The van der Waals surface area contributed by atoms with E-state index in [4.69, 9.17) is 0 Å². The van der Waals surface area contributed by atoms with Gasteiger partial charge in [0.05, 0.1) is 21.7 Å². The number of nitrogens with one attached hydrogen (secondary N) is 3. The number of nitro benzene ring substituents is 1. The summed E-state index contributed by atoms with van der Waals surface area (Å²) in [5, 5.41) is 21.6. The molecule has 0 aliphatic heterocycles. The fourth-order valence-corrected chi connectivity index (χ4v) is 2.54. The molecule has 9 nitrogen and oxygen atoms in total. The molecule has 0 unspecified atom stereocenters. The first-order valence-electron chi connectivity index (χ1n) is 8.03. The number of H-pyrrole nitrogens is 1. The van der Waals surface area contributed by atoms with Crippen LogP contribution in [-0.2, 0) is 0 Å². The molecule has 1 heterocycles. The third-order valence-electron chi connectivity index (χ3n) is 3.84. The van der Waals surface area contributed by atoms with Gasteiger partial charge in [-0.05, 0) is 18.2 Å². The van der Waals surface area contributed by atoms with Crippen molar-refractivity contribution in [1.82, 2.24) is 15.5 Å². The largest absolute Gasteiger partial charge is 0.405 e. The van der Waals surface area contributed by atoms with Gasteiger partial charge < -0.3 is 10.6 Å². The second kappa shape index (κ2) is 7.58. The van der Waals surface area contributed by atoms with Crippen molar-refractivity contribution in [3.8, 4) is 0 Å². The Balaban J connectivity index is 1.87. The molecule has 0 aliphatic carbocycles. The Hall–Kier alpha value is -3.96. The summed E-state index contributed by atoms with van der Waals surface area (Å²) in [5.41, 5.74) is -0.277. The van der Waals surface area contributed by atoms with E-state index in [1.807, 2.05) is 0 Å². The number of aromatic amines is 1. The first-order valence-corrected chi connectivity index (χ1v) is 8.03. The minimum Gasteiger partial charge on any atom is -0.343 e. The lowest BCUT2D eigenvalue weighted by Crippen LogP contribution is -2.34. The number of fused-ring (bicyclic) bond motifs is 1. The average molecular weight is 407 g/mol. The van der Waals surface area contributed by atoms with E-state index < -0.39 is 29.5 Å². The molecule has 2 amide bonds. The smallest absolute Gasteiger partial charge is 0.343 e. The zero-order valence-electron chi connectivity index (χ0n) is 14.4. The van der Waals surface area contributed by atoms with Crippen LogP contribution in [0.5, 0.6) is 0 Å². The van der Waals surface area contributed by atoms with Gasteiger partial charge in [0.25, 0.3) is 17.5 Å². The van der Waals surface area contributed by atoms with Crippen LogP contribution in [0, 0.1) is 10.1 Å². The number of benzene rings is 2. The molecule has 29 heavy (non-hydrogen) atoms. The van der Waals surface area contributed by atoms with Gasteiger partial charge in [-0.1, -0.05) is 12.1 Å². The van der Waals surface area contributed by atoms with E-state index in [9.17, 15) is 32.9 Å². The topological polar surface area (TPSA) is 130 Å². The van der Waals surface area contributed by atoms with Crippen molar-refractivity contribution in [2.24, 2.45) is 0 Å². The van der Waals surface area contributed by atoms with Gasteiger partial charge in [0, 0.05) is 17.5 Å². The maximum Gasteiger partial charge on any atom is 0.405 e. The number of nitro groups is 1. The minimum absolute atomic E-state index is 0.0428. The zero-order chi connectivity index (χ0) is 21.2. The number of carbonyl (C=O) groups is 2. The fraction of sp³-hybridized carbons (Fsp3) is 0.118. The predicted molar refractivity (Wildman–Crippen MR) is 95.5 cm³/mol. The summed E-state index contributed by atoms with van der Waals surface area (Å²) in [6, 6.07) is 9.26. The molecule has 0 saturated heterocycles. The number of non-ortho nitro benzene ring substituents is 1. The first-order chi connectivity index (χ1) is 13.7. The number of alkyl halides is 3. The number of para-hydroxylation sites is 1. The third kappa shape index (κ3) is 4.48. The summed E-state index contributed by atoms with van der Waals surface area (Å²) < 4.78 is 37.0. The number of nitrogens with zero attached hydrogens (tertiary/aromatic N) is 2.